The molecule has 0 aromatic carbocycles. The van der Waals surface area contributed by atoms with Crippen molar-refractivity contribution < 1.29 is 4.39 Å². The first-order valence-electron chi connectivity index (χ1n) is 9.22. The van der Waals surface area contributed by atoms with Crippen LogP contribution in [0.25, 0.3) is 11.0 Å². The van der Waals surface area contributed by atoms with E-state index in [1.165, 1.54) is 10.6 Å². The summed E-state index contributed by atoms with van der Waals surface area (Å²) >= 11 is 1.86. The maximum absolute atomic E-state index is 13.8. The Labute approximate surface area is 166 Å². The second-order valence-electron chi connectivity index (χ2n) is 7.26. The van der Waals surface area contributed by atoms with Gasteiger partial charge in [-0.2, -0.15) is 11.8 Å². The van der Waals surface area contributed by atoms with E-state index >= 15 is 0 Å². The molecule has 0 bridgehead atoms. The summed E-state index contributed by atoms with van der Waals surface area (Å²) in [7, 11) is 0. The van der Waals surface area contributed by atoms with Gasteiger partial charge in [0.05, 0.1) is 11.6 Å². The number of rotatable bonds is 2. The number of aromatic nitrogens is 3. The molecule has 9 heteroatoms. The zero-order chi connectivity index (χ0) is 18.3. The monoisotopic (exact) mass is 414 g/mol. The lowest BCUT2D eigenvalue weighted by atomic mass is 9.91. The highest BCUT2D eigenvalue weighted by molar-refractivity contribution is 7.99. The summed E-state index contributed by atoms with van der Waals surface area (Å²) in [5, 5.41) is 0.192. The Kier molecular flexibility index (Phi) is 6.28. The van der Waals surface area contributed by atoms with Crippen molar-refractivity contribution in [2.24, 2.45) is 5.73 Å². The molecule has 3 heterocycles. The predicted molar refractivity (Wildman–Crippen MR) is 109 cm³/mol. The van der Waals surface area contributed by atoms with Crippen LogP contribution < -0.4 is 17.0 Å². The summed E-state index contributed by atoms with van der Waals surface area (Å²) in [5.74, 6) is 1.38. The highest BCUT2D eigenvalue weighted by atomic mass is 35.5. The molecule has 0 amide bonds. The van der Waals surface area contributed by atoms with Gasteiger partial charge in [-0.05, 0) is 56.1 Å². The minimum atomic E-state index is -0.559. The Morgan fingerprint density at radius 2 is 1.67 bits per heavy atom. The van der Waals surface area contributed by atoms with Crippen molar-refractivity contribution in [2.45, 2.75) is 56.7 Å². The second kappa shape index (κ2) is 8.32. The molecule has 1 saturated heterocycles. The predicted octanol–water partition coefficient (Wildman–Crippen LogP) is 2.63. The van der Waals surface area contributed by atoms with Crippen LogP contribution in [0.15, 0.2) is 21.9 Å². The van der Waals surface area contributed by atoms with Crippen LogP contribution in [0.3, 0.4) is 0 Å². The summed E-state index contributed by atoms with van der Waals surface area (Å²) in [4.78, 5) is 30.5. The van der Waals surface area contributed by atoms with Crippen molar-refractivity contribution in [3.8, 4) is 0 Å². The summed E-state index contributed by atoms with van der Waals surface area (Å²) in [6.45, 7) is 0. The Hall–Kier alpha value is -1.38. The molecule has 0 spiro atoms. The largest absolute Gasteiger partial charge is 0.333 e. The molecule has 2 aliphatic rings. The molecular formula is C18H24ClFN4O2S. The number of pyridine rings is 1. The van der Waals surface area contributed by atoms with E-state index in [1.54, 1.807) is 4.57 Å². The molecule has 2 aromatic rings. The van der Waals surface area contributed by atoms with E-state index in [0.717, 1.165) is 43.4 Å². The summed E-state index contributed by atoms with van der Waals surface area (Å²) < 4.78 is 16.8. The third-order valence-electron chi connectivity index (χ3n) is 5.59. The Bertz CT molecular complexity index is 933. The number of fused-ring (bicyclic) bond motifs is 1. The lowest BCUT2D eigenvalue weighted by Gasteiger charge is -2.30. The van der Waals surface area contributed by atoms with Crippen LogP contribution >= 0.6 is 24.2 Å². The fourth-order valence-electron chi connectivity index (χ4n) is 4.16. The average Bonchev–Trinajstić information content (AvgIpc) is 2.65. The van der Waals surface area contributed by atoms with Crippen LogP contribution in [-0.4, -0.2) is 31.7 Å². The molecular weight excluding hydrogens is 391 g/mol. The molecule has 27 heavy (non-hydrogen) atoms. The van der Waals surface area contributed by atoms with Crippen molar-refractivity contribution in [3.63, 3.8) is 0 Å². The minimum absolute atomic E-state index is 0. The van der Waals surface area contributed by atoms with Gasteiger partial charge in [-0.25, -0.2) is 14.2 Å². The number of hydrogen-bond acceptors (Lipinski definition) is 5. The highest BCUT2D eigenvalue weighted by Crippen LogP contribution is 2.29. The minimum Gasteiger partial charge on any atom is -0.328 e. The van der Waals surface area contributed by atoms with E-state index in [1.807, 2.05) is 11.8 Å². The quantitative estimate of drug-likeness (QED) is 0.816. The Morgan fingerprint density at radius 3 is 2.33 bits per heavy atom. The van der Waals surface area contributed by atoms with Crippen LogP contribution in [0.2, 0.25) is 0 Å². The van der Waals surface area contributed by atoms with Gasteiger partial charge < -0.3 is 5.73 Å². The smallest absolute Gasteiger partial charge is 0.328 e. The molecule has 6 nitrogen and oxygen atoms in total. The van der Waals surface area contributed by atoms with Crippen molar-refractivity contribution in [1.29, 1.82) is 0 Å². The van der Waals surface area contributed by atoms with Gasteiger partial charge in [-0.15, -0.1) is 12.4 Å². The summed E-state index contributed by atoms with van der Waals surface area (Å²) in [6.07, 6.45) is 5.76. The van der Waals surface area contributed by atoms with Crippen LogP contribution in [0.1, 0.15) is 50.6 Å². The maximum Gasteiger partial charge on any atom is 0.333 e. The SMILES string of the molecule is Cl.N[C@H]1CC[C@@H](n2c(=O)c3cc(F)cnc3n(C3CCSCC3)c2=O)CC1. The molecule has 0 unspecified atom stereocenters. The first kappa shape index (κ1) is 20.4. The van der Waals surface area contributed by atoms with Crippen molar-refractivity contribution in [3.05, 3.63) is 38.9 Å². The van der Waals surface area contributed by atoms with Gasteiger partial charge in [-0.3, -0.25) is 13.9 Å². The molecule has 2 fully saturated rings. The fraction of sp³-hybridized carbons (Fsp3) is 0.611. The van der Waals surface area contributed by atoms with Crippen molar-refractivity contribution in [2.75, 3.05) is 11.5 Å². The molecule has 1 aliphatic heterocycles. The standard InChI is InChI=1S/C18H23FN4O2S.ClH/c19-11-9-15-16(21-10-11)22(14-5-7-26-8-6-14)18(25)23(17(15)24)13-3-1-12(20)2-4-13;/h9-10,12-14H,1-8,20H2;1H/t12-,13+;. The Morgan fingerprint density at radius 1 is 1.04 bits per heavy atom. The van der Waals surface area contributed by atoms with E-state index in [0.29, 0.717) is 18.5 Å². The van der Waals surface area contributed by atoms with Gasteiger partial charge in [0.25, 0.3) is 5.56 Å². The molecule has 2 N–H and O–H groups in total. The van der Waals surface area contributed by atoms with E-state index in [4.69, 9.17) is 5.73 Å². The van der Waals surface area contributed by atoms with E-state index < -0.39 is 11.4 Å². The molecule has 1 saturated carbocycles. The normalized spacial score (nSPS) is 23.9. The maximum atomic E-state index is 13.8. The molecule has 2 aromatic heterocycles. The van der Waals surface area contributed by atoms with E-state index in [-0.39, 0.29) is 41.6 Å². The first-order valence-corrected chi connectivity index (χ1v) is 10.4. The number of nitrogens with zero attached hydrogens (tertiary/aromatic N) is 3. The van der Waals surface area contributed by atoms with E-state index in [2.05, 4.69) is 4.98 Å². The van der Waals surface area contributed by atoms with Crippen LogP contribution in [0.4, 0.5) is 4.39 Å². The molecule has 0 atom stereocenters. The van der Waals surface area contributed by atoms with Gasteiger partial charge in [0.2, 0.25) is 0 Å². The van der Waals surface area contributed by atoms with Gasteiger partial charge >= 0.3 is 5.69 Å². The van der Waals surface area contributed by atoms with Crippen LogP contribution in [0.5, 0.6) is 0 Å². The van der Waals surface area contributed by atoms with Gasteiger partial charge in [0.15, 0.2) is 0 Å². The lowest BCUT2D eigenvalue weighted by Crippen LogP contribution is -2.45. The number of halogens is 2. The van der Waals surface area contributed by atoms with E-state index in [9.17, 15) is 14.0 Å². The van der Waals surface area contributed by atoms with Crippen molar-refractivity contribution >= 4 is 35.2 Å². The van der Waals surface area contributed by atoms with Gasteiger partial charge in [0.1, 0.15) is 11.5 Å². The summed E-state index contributed by atoms with van der Waals surface area (Å²) in [5.41, 5.74) is 5.55. The molecule has 1 aliphatic carbocycles. The number of thioether (sulfide) groups is 1. The van der Waals surface area contributed by atoms with Crippen LogP contribution in [0, 0.1) is 5.82 Å². The average molecular weight is 415 g/mol. The number of hydrogen-bond donors (Lipinski definition) is 1. The summed E-state index contributed by atoms with van der Waals surface area (Å²) in [6, 6.07) is 1.16. The van der Waals surface area contributed by atoms with Crippen molar-refractivity contribution in [1.82, 2.24) is 14.1 Å². The number of nitrogens with two attached hydrogens (primary N) is 1. The molecule has 0 radical (unpaired) electrons. The molecule has 4 rings (SSSR count). The third-order valence-corrected chi connectivity index (χ3v) is 6.63. The first-order chi connectivity index (χ1) is 12.6. The Balaban J connectivity index is 0.00000210. The second-order valence-corrected chi connectivity index (χ2v) is 8.49. The van der Waals surface area contributed by atoms with Gasteiger partial charge in [0, 0.05) is 18.1 Å². The zero-order valence-corrected chi connectivity index (χ0v) is 16.6. The third kappa shape index (κ3) is 3.79. The fourth-order valence-corrected chi connectivity index (χ4v) is 5.24. The van der Waals surface area contributed by atoms with Crippen LogP contribution in [-0.2, 0) is 0 Å². The molecule has 148 valence electrons. The highest BCUT2D eigenvalue weighted by Gasteiger charge is 2.28. The lowest BCUT2D eigenvalue weighted by molar-refractivity contribution is 0.301. The topological polar surface area (TPSA) is 82.9 Å². The van der Waals surface area contributed by atoms with Gasteiger partial charge in [-0.1, -0.05) is 0 Å². The zero-order valence-electron chi connectivity index (χ0n) is 15.0.